The van der Waals surface area contributed by atoms with E-state index in [4.69, 9.17) is 9.47 Å². The van der Waals surface area contributed by atoms with Crippen LogP contribution in [0.15, 0.2) is 90.5 Å². The van der Waals surface area contributed by atoms with Crippen molar-refractivity contribution in [2.24, 2.45) is 17.8 Å². The Kier molecular flexibility index (Phi) is 10.6. The molecule has 0 saturated carbocycles. The second kappa shape index (κ2) is 15.5. The first kappa shape index (κ1) is 36.3. The average Bonchev–Trinajstić information content (AvgIpc) is 3.93. The number of hydrogen-bond acceptors (Lipinski definition) is 8. The molecule has 0 bridgehead atoms. The predicted molar refractivity (Wildman–Crippen MR) is 200 cm³/mol. The number of rotatable bonds is 13. The van der Waals surface area contributed by atoms with Crippen molar-refractivity contribution in [3.05, 3.63) is 113 Å². The van der Waals surface area contributed by atoms with Gasteiger partial charge in [-0.25, -0.2) is 32.5 Å². The Hall–Kier alpha value is -5.04. The molecule has 7 rings (SSSR count). The van der Waals surface area contributed by atoms with E-state index in [-0.39, 0.29) is 24.2 Å². The molecule has 0 spiro atoms. The monoisotopic (exact) mass is 726 g/mol. The third-order valence-electron chi connectivity index (χ3n) is 11.1. The largest absolute Gasteiger partial charge is 0.493 e. The molecule has 13 heteroatoms. The van der Waals surface area contributed by atoms with E-state index in [1.54, 1.807) is 26.6 Å². The molecular weight excluding hydrogens is 678 g/mol. The minimum atomic E-state index is -1.01. The number of nitrogens with zero attached hydrogens (tertiary/aromatic N) is 8. The number of benzene rings is 3. The number of halogens is 2. The van der Waals surface area contributed by atoms with Crippen molar-refractivity contribution in [1.29, 1.82) is 0 Å². The van der Waals surface area contributed by atoms with Crippen molar-refractivity contribution in [3.63, 3.8) is 0 Å². The van der Waals surface area contributed by atoms with Gasteiger partial charge in [-0.1, -0.05) is 33.8 Å². The first-order chi connectivity index (χ1) is 25.6. The molecule has 2 saturated heterocycles. The van der Waals surface area contributed by atoms with Gasteiger partial charge in [-0.15, -0.1) is 0 Å². The molecule has 2 aromatic heterocycles. The van der Waals surface area contributed by atoms with Crippen LogP contribution in [0.4, 0.5) is 20.2 Å². The SMILES string of the molecule is CC[C@@H]([C@H](C)C(C)C)n1ncn(-c2ccc(N3CCN(c4ccc(OC[C@H]5COC(Cn6cncn6)(c6ccc(F)cc6F)C5)cc4)CC3)cc2)c1=O. The van der Waals surface area contributed by atoms with Crippen molar-refractivity contribution in [2.45, 2.75) is 58.7 Å². The standard InChI is InChI=1S/C40H48F2N8O3/c1-5-38(29(4)28(2)3)50-39(51)49(27-45-50)34-9-7-32(8-10-34)46-16-18-47(19-17-46)33-11-13-35(14-12-33)52-22-30-21-40(53-23-30,24-48-26-43-25-44-48)36-15-6-31(41)20-37(36)42/h6-15,20,25-30,38H,5,16-19,21-24H2,1-4H3/t29-,30+,38+,40?/m1/s1. The number of aromatic nitrogens is 6. The fourth-order valence-electron chi connectivity index (χ4n) is 7.73. The zero-order valence-electron chi connectivity index (χ0n) is 30.8. The smallest absolute Gasteiger partial charge is 0.350 e. The highest BCUT2D eigenvalue weighted by atomic mass is 19.1. The molecule has 2 aliphatic heterocycles. The maximum absolute atomic E-state index is 15.0. The third-order valence-corrected chi connectivity index (χ3v) is 11.1. The van der Waals surface area contributed by atoms with E-state index in [0.717, 1.165) is 61.5 Å². The summed E-state index contributed by atoms with van der Waals surface area (Å²) in [5.74, 6) is 0.270. The van der Waals surface area contributed by atoms with Crippen LogP contribution in [0.3, 0.4) is 0 Å². The average molecular weight is 727 g/mol. The van der Waals surface area contributed by atoms with Crippen LogP contribution < -0.4 is 20.2 Å². The summed E-state index contributed by atoms with van der Waals surface area (Å²) in [6, 6.07) is 19.9. The summed E-state index contributed by atoms with van der Waals surface area (Å²) < 4.78 is 46.1. The fraction of sp³-hybridized carbons (Fsp3) is 0.450. The number of ether oxygens (including phenoxy) is 2. The van der Waals surface area contributed by atoms with Gasteiger partial charge >= 0.3 is 5.69 Å². The quantitative estimate of drug-likeness (QED) is 0.136. The first-order valence-corrected chi connectivity index (χ1v) is 18.6. The molecule has 0 N–H and O–H groups in total. The van der Waals surface area contributed by atoms with Crippen molar-refractivity contribution in [1.82, 2.24) is 29.1 Å². The van der Waals surface area contributed by atoms with Gasteiger partial charge in [0.1, 0.15) is 42.0 Å². The van der Waals surface area contributed by atoms with Gasteiger partial charge in [0.2, 0.25) is 0 Å². The molecule has 0 amide bonds. The summed E-state index contributed by atoms with van der Waals surface area (Å²) in [5, 5.41) is 8.69. The molecule has 0 aliphatic carbocycles. The number of anilines is 2. The van der Waals surface area contributed by atoms with Crippen LogP contribution in [0.1, 0.15) is 52.1 Å². The van der Waals surface area contributed by atoms with Gasteiger partial charge in [0, 0.05) is 55.1 Å². The highest BCUT2D eigenvalue weighted by Crippen LogP contribution is 2.42. The summed E-state index contributed by atoms with van der Waals surface area (Å²) in [6.45, 7) is 13.2. The zero-order valence-corrected chi connectivity index (χ0v) is 30.8. The molecule has 3 aromatic carbocycles. The first-order valence-electron chi connectivity index (χ1n) is 18.6. The van der Waals surface area contributed by atoms with Crippen molar-refractivity contribution < 1.29 is 18.3 Å². The Balaban J connectivity index is 0.921. The topological polar surface area (TPSA) is 95.5 Å². The van der Waals surface area contributed by atoms with E-state index in [0.29, 0.717) is 37.0 Å². The lowest BCUT2D eigenvalue weighted by molar-refractivity contribution is -0.0206. The molecule has 53 heavy (non-hydrogen) atoms. The number of hydrogen-bond donors (Lipinski definition) is 0. The van der Waals surface area contributed by atoms with Crippen molar-refractivity contribution in [2.75, 3.05) is 49.2 Å². The van der Waals surface area contributed by atoms with Gasteiger partial charge in [0.25, 0.3) is 0 Å². The van der Waals surface area contributed by atoms with Crippen LogP contribution in [0.5, 0.6) is 5.75 Å². The van der Waals surface area contributed by atoms with Gasteiger partial charge in [0.15, 0.2) is 0 Å². The maximum atomic E-state index is 15.0. The lowest BCUT2D eigenvalue weighted by Crippen LogP contribution is -2.46. The second-order valence-electron chi connectivity index (χ2n) is 14.7. The summed E-state index contributed by atoms with van der Waals surface area (Å²) in [6.07, 6.45) is 5.96. The van der Waals surface area contributed by atoms with Gasteiger partial charge < -0.3 is 19.3 Å². The van der Waals surface area contributed by atoms with Gasteiger partial charge in [-0.3, -0.25) is 0 Å². The second-order valence-corrected chi connectivity index (χ2v) is 14.7. The van der Waals surface area contributed by atoms with Crippen LogP contribution in [-0.4, -0.2) is 68.5 Å². The molecule has 4 atom stereocenters. The highest BCUT2D eigenvalue weighted by Gasteiger charge is 2.44. The van der Waals surface area contributed by atoms with E-state index in [9.17, 15) is 13.6 Å². The van der Waals surface area contributed by atoms with Crippen molar-refractivity contribution >= 4 is 11.4 Å². The molecule has 280 valence electrons. The van der Waals surface area contributed by atoms with E-state index in [2.05, 4.69) is 76.9 Å². The Bertz CT molecular complexity index is 2010. The van der Waals surface area contributed by atoms with Crippen LogP contribution in [0, 0.1) is 29.4 Å². The molecule has 2 aliphatic rings. The minimum Gasteiger partial charge on any atom is -0.493 e. The fourth-order valence-corrected chi connectivity index (χ4v) is 7.73. The normalized spacial score (nSPS) is 20.2. The zero-order chi connectivity index (χ0) is 37.1. The number of piperazine rings is 1. The van der Waals surface area contributed by atoms with E-state index >= 15 is 0 Å². The lowest BCUT2D eigenvalue weighted by Gasteiger charge is -2.37. The van der Waals surface area contributed by atoms with Crippen LogP contribution in [0.25, 0.3) is 5.69 Å². The Labute approximate surface area is 308 Å². The van der Waals surface area contributed by atoms with Crippen LogP contribution >= 0.6 is 0 Å². The highest BCUT2D eigenvalue weighted by molar-refractivity contribution is 5.54. The van der Waals surface area contributed by atoms with Crippen LogP contribution in [-0.2, 0) is 16.9 Å². The Morgan fingerprint density at radius 1 is 0.887 bits per heavy atom. The van der Waals surface area contributed by atoms with E-state index in [1.807, 2.05) is 24.3 Å². The third kappa shape index (κ3) is 7.71. The maximum Gasteiger partial charge on any atom is 0.350 e. The van der Waals surface area contributed by atoms with Crippen LogP contribution in [0.2, 0.25) is 0 Å². The molecule has 4 heterocycles. The Morgan fingerprint density at radius 3 is 2.15 bits per heavy atom. The summed E-state index contributed by atoms with van der Waals surface area (Å²) in [4.78, 5) is 22.1. The molecule has 5 aromatic rings. The van der Waals surface area contributed by atoms with Crippen molar-refractivity contribution in [3.8, 4) is 11.4 Å². The molecule has 1 unspecified atom stereocenters. The molecule has 11 nitrogen and oxygen atoms in total. The van der Waals surface area contributed by atoms with Gasteiger partial charge in [-0.05, 0) is 79.3 Å². The summed E-state index contributed by atoms with van der Waals surface area (Å²) in [7, 11) is 0. The summed E-state index contributed by atoms with van der Waals surface area (Å²) in [5.41, 5.74) is 2.25. The lowest BCUT2D eigenvalue weighted by atomic mass is 9.87. The predicted octanol–water partition coefficient (Wildman–Crippen LogP) is 6.48. The van der Waals surface area contributed by atoms with Gasteiger partial charge in [0.05, 0.1) is 31.5 Å². The van der Waals surface area contributed by atoms with E-state index in [1.165, 1.54) is 18.5 Å². The Morgan fingerprint density at radius 2 is 1.55 bits per heavy atom. The minimum absolute atomic E-state index is 0.00425. The molecular formula is C40H48F2N8O3. The van der Waals surface area contributed by atoms with E-state index < -0.39 is 17.2 Å². The molecule has 0 radical (unpaired) electrons. The molecule has 2 fully saturated rings. The summed E-state index contributed by atoms with van der Waals surface area (Å²) >= 11 is 0. The van der Waals surface area contributed by atoms with Gasteiger partial charge in [-0.2, -0.15) is 10.2 Å².